The average Bonchev–Trinajstić information content (AvgIpc) is 2.61. The van der Waals surface area contributed by atoms with Crippen LogP contribution in [0.15, 0.2) is 51.7 Å². The summed E-state index contributed by atoms with van der Waals surface area (Å²) in [5.74, 6) is -0.220. The maximum absolute atomic E-state index is 12.3. The first kappa shape index (κ1) is 17.4. The normalized spacial score (nSPS) is 10.5. The highest BCUT2D eigenvalue weighted by atomic mass is 16.4. The van der Waals surface area contributed by atoms with Crippen molar-refractivity contribution in [1.82, 2.24) is 0 Å². The topological polar surface area (TPSA) is 83.1 Å². The number of aryl methyl sites for hydroxylation is 2. The van der Waals surface area contributed by atoms with Crippen LogP contribution in [0.3, 0.4) is 0 Å². The van der Waals surface area contributed by atoms with E-state index in [9.17, 15) is 9.59 Å². The first-order valence-corrected chi connectivity index (χ1v) is 8.31. The van der Waals surface area contributed by atoms with Crippen molar-refractivity contribution in [1.29, 1.82) is 5.26 Å². The molecule has 1 amide bonds. The van der Waals surface area contributed by atoms with E-state index in [-0.39, 0.29) is 12.3 Å². The third-order valence-corrected chi connectivity index (χ3v) is 4.32. The Balaban J connectivity index is 1.77. The molecule has 0 aliphatic carbocycles. The number of fused-ring (bicyclic) bond motifs is 1. The number of nitriles is 1. The molecule has 2 aromatic carbocycles. The predicted molar refractivity (Wildman–Crippen MR) is 100 cm³/mol. The highest BCUT2D eigenvalue weighted by Gasteiger charge is 2.13. The average molecular weight is 346 g/mol. The van der Waals surface area contributed by atoms with Crippen molar-refractivity contribution in [3.05, 3.63) is 75.1 Å². The van der Waals surface area contributed by atoms with Crippen LogP contribution in [0.5, 0.6) is 0 Å². The summed E-state index contributed by atoms with van der Waals surface area (Å²) >= 11 is 0. The molecule has 0 fully saturated rings. The second kappa shape index (κ2) is 7.24. The van der Waals surface area contributed by atoms with E-state index in [0.29, 0.717) is 28.8 Å². The van der Waals surface area contributed by atoms with E-state index in [2.05, 4.69) is 5.32 Å². The molecule has 0 bridgehead atoms. The van der Waals surface area contributed by atoms with Crippen LogP contribution in [-0.4, -0.2) is 5.91 Å². The lowest BCUT2D eigenvalue weighted by Crippen LogP contribution is -2.16. The number of amides is 1. The summed E-state index contributed by atoms with van der Waals surface area (Å²) in [5, 5.41) is 12.5. The molecule has 5 heteroatoms. The Morgan fingerprint density at radius 3 is 2.77 bits per heavy atom. The Hall–Kier alpha value is -3.39. The number of hydrogen-bond acceptors (Lipinski definition) is 4. The molecule has 0 radical (unpaired) electrons. The van der Waals surface area contributed by atoms with Crippen LogP contribution in [0.25, 0.3) is 11.0 Å². The number of benzene rings is 2. The quantitative estimate of drug-likeness (QED) is 0.727. The zero-order chi connectivity index (χ0) is 18.7. The number of carbonyl (C=O) groups is 1. The summed E-state index contributed by atoms with van der Waals surface area (Å²) in [4.78, 5) is 24.5. The molecule has 130 valence electrons. The summed E-state index contributed by atoms with van der Waals surface area (Å²) < 4.78 is 5.41. The highest BCUT2D eigenvalue weighted by Crippen LogP contribution is 2.21. The Morgan fingerprint density at radius 2 is 2.00 bits per heavy atom. The number of anilines is 1. The second-order valence-corrected chi connectivity index (χ2v) is 6.23. The lowest BCUT2D eigenvalue weighted by Gasteiger charge is -2.09. The monoisotopic (exact) mass is 346 g/mol. The van der Waals surface area contributed by atoms with E-state index in [0.717, 1.165) is 16.5 Å². The van der Waals surface area contributed by atoms with Crippen molar-refractivity contribution in [2.45, 2.75) is 26.7 Å². The number of nitrogens with zero attached hydrogens (tertiary/aromatic N) is 1. The molecule has 0 saturated carbocycles. The third kappa shape index (κ3) is 3.65. The van der Waals surface area contributed by atoms with E-state index in [1.165, 1.54) is 0 Å². The maximum Gasteiger partial charge on any atom is 0.339 e. The molecule has 0 unspecified atom stereocenters. The fourth-order valence-corrected chi connectivity index (χ4v) is 2.92. The number of carbonyl (C=O) groups excluding carboxylic acids is 1. The van der Waals surface area contributed by atoms with Crippen molar-refractivity contribution in [2.75, 3.05) is 5.32 Å². The van der Waals surface area contributed by atoms with Gasteiger partial charge in [-0.05, 0) is 55.7 Å². The molecule has 1 N–H and O–H groups in total. The van der Waals surface area contributed by atoms with Crippen LogP contribution >= 0.6 is 0 Å². The number of rotatable bonds is 4. The number of hydrogen-bond donors (Lipinski definition) is 1. The summed E-state index contributed by atoms with van der Waals surface area (Å²) in [5.41, 5.74) is 3.58. The molecular weight excluding hydrogens is 328 g/mol. The first-order chi connectivity index (χ1) is 12.5. The molecule has 1 heterocycles. The van der Waals surface area contributed by atoms with Crippen LogP contribution < -0.4 is 10.9 Å². The Labute approximate surface area is 150 Å². The zero-order valence-corrected chi connectivity index (χ0v) is 14.6. The molecule has 0 atom stereocenters. The van der Waals surface area contributed by atoms with Gasteiger partial charge >= 0.3 is 5.63 Å². The molecule has 0 saturated heterocycles. The molecule has 5 nitrogen and oxygen atoms in total. The summed E-state index contributed by atoms with van der Waals surface area (Å²) in [6.07, 6.45) is 0.446. The van der Waals surface area contributed by atoms with Crippen molar-refractivity contribution >= 4 is 22.6 Å². The summed E-state index contributed by atoms with van der Waals surface area (Å²) in [7, 11) is 0. The van der Waals surface area contributed by atoms with Gasteiger partial charge in [-0.3, -0.25) is 4.79 Å². The van der Waals surface area contributed by atoms with Crippen LogP contribution in [0, 0.1) is 25.2 Å². The molecular formula is C21H18N2O3. The molecule has 1 aromatic heterocycles. The van der Waals surface area contributed by atoms with Crippen LogP contribution in [0.1, 0.15) is 28.7 Å². The Morgan fingerprint density at radius 1 is 1.19 bits per heavy atom. The van der Waals surface area contributed by atoms with Crippen molar-refractivity contribution in [3.63, 3.8) is 0 Å². The fraction of sp³-hybridized carbons (Fsp3) is 0.190. The minimum absolute atomic E-state index is 0.153. The van der Waals surface area contributed by atoms with Gasteiger partial charge in [0.15, 0.2) is 0 Å². The lowest BCUT2D eigenvalue weighted by molar-refractivity contribution is -0.116. The van der Waals surface area contributed by atoms with E-state index in [1.54, 1.807) is 24.3 Å². The van der Waals surface area contributed by atoms with Crippen molar-refractivity contribution in [2.24, 2.45) is 0 Å². The van der Waals surface area contributed by atoms with Gasteiger partial charge in [0.1, 0.15) is 5.58 Å². The first-order valence-electron chi connectivity index (χ1n) is 8.31. The van der Waals surface area contributed by atoms with Gasteiger partial charge in [0.25, 0.3) is 0 Å². The molecule has 26 heavy (non-hydrogen) atoms. The van der Waals surface area contributed by atoms with Crippen molar-refractivity contribution < 1.29 is 9.21 Å². The van der Waals surface area contributed by atoms with Gasteiger partial charge in [-0.15, -0.1) is 0 Å². The zero-order valence-electron chi connectivity index (χ0n) is 14.6. The third-order valence-electron chi connectivity index (χ3n) is 4.32. The van der Waals surface area contributed by atoms with E-state index < -0.39 is 5.63 Å². The molecule has 0 spiro atoms. The van der Waals surface area contributed by atoms with Gasteiger partial charge in [-0.25, -0.2) is 4.79 Å². The van der Waals surface area contributed by atoms with Gasteiger partial charge < -0.3 is 9.73 Å². The van der Waals surface area contributed by atoms with Crippen LogP contribution in [0.4, 0.5) is 5.69 Å². The molecule has 3 aromatic rings. The lowest BCUT2D eigenvalue weighted by atomic mass is 10.0. The maximum atomic E-state index is 12.3. The van der Waals surface area contributed by atoms with Crippen LogP contribution in [-0.2, 0) is 11.2 Å². The van der Waals surface area contributed by atoms with E-state index >= 15 is 0 Å². The minimum atomic E-state index is -0.403. The Kier molecular flexibility index (Phi) is 4.85. The predicted octanol–water partition coefficient (Wildman–Crippen LogP) is 3.85. The van der Waals surface area contributed by atoms with Gasteiger partial charge in [0.05, 0.1) is 11.6 Å². The summed E-state index contributed by atoms with van der Waals surface area (Å²) in [6, 6.07) is 14.5. The van der Waals surface area contributed by atoms with Gasteiger partial charge in [0, 0.05) is 23.1 Å². The largest absolute Gasteiger partial charge is 0.423 e. The van der Waals surface area contributed by atoms with Crippen LogP contribution in [0.2, 0.25) is 0 Å². The van der Waals surface area contributed by atoms with Gasteiger partial charge in [-0.1, -0.05) is 18.2 Å². The van der Waals surface area contributed by atoms with Gasteiger partial charge in [-0.2, -0.15) is 5.26 Å². The highest BCUT2D eigenvalue weighted by molar-refractivity contribution is 5.91. The fourth-order valence-electron chi connectivity index (χ4n) is 2.92. The minimum Gasteiger partial charge on any atom is -0.423 e. The molecule has 0 aliphatic heterocycles. The SMILES string of the molecule is Cc1ccc2c(C)c(CCC(=O)Nc3cccc(C#N)c3)c(=O)oc2c1. The molecule has 0 aliphatic rings. The molecule has 3 rings (SSSR count). The summed E-state index contributed by atoms with van der Waals surface area (Å²) in [6.45, 7) is 3.81. The second-order valence-electron chi connectivity index (χ2n) is 6.23. The van der Waals surface area contributed by atoms with E-state index in [4.69, 9.17) is 9.68 Å². The van der Waals surface area contributed by atoms with Crippen molar-refractivity contribution in [3.8, 4) is 6.07 Å². The smallest absolute Gasteiger partial charge is 0.339 e. The van der Waals surface area contributed by atoms with Gasteiger partial charge in [0.2, 0.25) is 5.91 Å². The van der Waals surface area contributed by atoms with E-state index in [1.807, 2.05) is 38.1 Å². The number of nitrogens with one attached hydrogen (secondary N) is 1. The standard InChI is InChI=1S/C21H18N2O3/c1-13-6-7-17-14(2)18(21(25)26-19(17)10-13)8-9-20(24)23-16-5-3-4-15(11-16)12-22/h3-7,10-11H,8-9H2,1-2H3,(H,23,24). The Bertz CT molecular complexity index is 1090.